The van der Waals surface area contributed by atoms with Crippen molar-refractivity contribution in [3.63, 3.8) is 0 Å². The van der Waals surface area contributed by atoms with Crippen molar-refractivity contribution in [1.29, 1.82) is 0 Å². The molecule has 2 saturated heterocycles. The summed E-state index contributed by atoms with van der Waals surface area (Å²) in [6, 6.07) is 27.1. The minimum atomic E-state index is -1.23. The van der Waals surface area contributed by atoms with Crippen LogP contribution in [0.2, 0.25) is 0 Å². The van der Waals surface area contributed by atoms with Crippen molar-refractivity contribution in [3.8, 4) is 0 Å². The van der Waals surface area contributed by atoms with Gasteiger partial charge in [0.25, 0.3) is 5.91 Å². The molecule has 2 aliphatic rings. The predicted molar refractivity (Wildman–Crippen MR) is 138 cm³/mol. The highest BCUT2D eigenvalue weighted by atomic mass is 16.2. The highest BCUT2D eigenvalue weighted by Crippen LogP contribution is 2.36. The largest absolute Gasteiger partial charge is 0.371 e. The summed E-state index contributed by atoms with van der Waals surface area (Å²) in [5.41, 5.74) is 2.74. The Kier molecular flexibility index (Phi) is 6.55. The highest BCUT2D eigenvalue weighted by Gasteiger charge is 2.53. The van der Waals surface area contributed by atoms with Crippen molar-refractivity contribution in [2.24, 2.45) is 0 Å². The van der Waals surface area contributed by atoms with Crippen LogP contribution in [0.5, 0.6) is 0 Å². The lowest BCUT2D eigenvalue weighted by Crippen LogP contribution is -2.46. The Morgan fingerprint density at radius 3 is 2.00 bits per heavy atom. The number of rotatable bonds is 7. The minimum absolute atomic E-state index is 0.209. The number of hydrogen-bond acceptors (Lipinski definition) is 4. The summed E-state index contributed by atoms with van der Waals surface area (Å²) < 4.78 is 0. The van der Waals surface area contributed by atoms with E-state index in [1.807, 2.05) is 72.6 Å². The van der Waals surface area contributed by atoms with Crippen molar-refractivity contribution in [3.05, 3.63) is 102 Å². The topological polar surface area (TPSA) is 55.9 Å². The number of nitrogens with one attached hydrogen (secondary N) is 1. The van der Waals surface area contributed by atoms with Crippen molar-refractivity contribution < 1.29 is 9.59 Å². The molecule has 35 heavy (non-hydrogen) atoms. The number of benzene rings is 3. The Balaban J connectivity index is 1.39. The SMILES string of the molecule is CN(Cc1ccccc1N1CCCCC1)CN1C(=O)NC(c2ccccc2)(c2ccccc2)C1=O. The average molecular weight is 469 g/mol. The van der Waals surface area contributed by atoms with E-state index in [1.165, 1.54) is 35.4 Å². The maximum absolute atomic E-state index is 13.9. The molecular formula is C29H32N4O2. The van der Waals surface area contributed by atoms with Crippen molar-refractivity contribution in [2.75, 3.05) is 31.7 Å². The van der Waals surface area contributed by atoms with Crippen molar-refractivity contribution >= 4 is 17.6 Å². The number of hydrogen-bond donors (Lipinski definition) is 1. The molecule has 1 N–H and O–H groups in total. The van der Waals surface area contributed by atoms with Crippen LogP contribution >= 0.6 is 0 Å². The molecule has 3 aromatic carbocycles. The van der Waals surface area contributed by atoms with Gasteiger partial charge in [0.1, 0.15) is 0 Å². The van der Waals surface area contributed by atoms with Crippen molar-refractivity contribution in [1.82, 2.24) is 15.1 Å². The van der Waals surface area contributed by atoms with Gasteiger partial charge >= 0.3 is 6.03 Å². The minimum Gasteiger partial charge on any atom is -0.371 e. The standard InChI is InChI=1S/C29H32N4O2/c1-31(21-23-13-9-10-18-26(23)32-19-11-4-12-20-32)22-33-27(34)29(30-28(33)35,24-14-5-2-6-15-24)25-16-7-3-8-17-25/h2-3,5-10,13-18H,4,11-12,19-22H2,1H3,(H,30,35). The fourth-order valence-electron chi connectivity index (χ4n) is 5.31. The molecule has 0 radical (unpaired) electrons. The van der Waals surface area contributed by atoms with Crippen LogP contribution in [0.15, 0.2) is 84.9 Å². The Morgan fingerprint density at radius 2 is 1.37 bits per heavy atom. The van der Waals surface area contributed by atoms with Gasteiger partial charge < -0.3 is 10.2 Å². The van der Waals surface area contributed by atoms with Gasteiger partial charge in [-0.25, -0.2) is 9.69 Å². The molecule has 0 aromatic heterocycles. The molecule has 3 aromatic rings. The molecule has 6 nitrogen and oxygen atoms in total. The maximum Gasteiger partial charge on any atom is 0.326 e. The van der Waals surface area contributed by atoms with E-state index in [4.69, 9.17) is 0 Å². The molecular weight excluding hydrogens is 436 g/mol. The van der Waals surface area contributed by atoms with Gasteiger partial charge in [-0.3, -0.25) is 9.69 Å². The highest BCUT2D eigenvalue weighted by molar-refractivity contribution is 6.09. The zero-order chi connectivity index (χ0) is 24.3. The molecule has 0 bridgehead atoms. The van der Waals surface area contributed by atoms with Crippen LogP contribution in [0.25, 0.3) is 0 Å². The van der Waals surface area contributed by atoms with Gasteiger partial charge in [-0.1, -0.05) is 78.9 Å². The first-order valence-electron chi connectivity index (χ1n) is 12.4. The first-order valence-corrected chi connectivity index (χ1v) is 12.4. The maximum atomic E-state index is 13.9. The molecule has 0 unspecified atom stereocenters. The third-order valence-electron chi connectivity index (χ3n) is 7.03. The van der Waals surface area contributed by atoms with Gasteiger partial charge in [-0.05, 0) is 49.1 Å². The fraction of sp³-hybridized carbons (Fsp3) is 0.310. The number of imide groups is 1. The molecule has 3 amide bonds. The zero-order valence-corrected chi connectivity index (χ0v) is 20.2. The lowest BCUT2D eigenvalue weighted by molar-refractivity contribution is -0.131. The number of urea groups is 1. The van der Waals surface area contributed by atoms with Gasteiger partial charge in [-0.15, -0.1) is 0 Å². The molecule has 6 heteroatoms. The van der Waals surface area contributed by atoms with E-state index in [0.29, 0.717) is 6.54 Å². The number of carbonyl (C=O) groups excluding carboxylic acids is 2. The molecule has 180 valence electrons. The van der Waals surface area contributed by atoms with E-state index in [-0.39, 0.29) is 18.6 Å². The van der Waals surface area contributed by atoms with Gasteiger partial charge in [0.2, 0.25) is 0 Å². The number of para-hydroxylation sites is 1. The van der Waals surface area contributed by atoms with Crippen molar-refractivity contribution in [2.45, 2.75) is 31.3 Å². The second-order valence-corrected chi connectivity index (χ2v) is 9.48. The molecule has 0 atom stereocenters. The summed E-state index contributed by atoms with van der Waals surface area (Å²) in [5.74, 6) is -0.254. The molecule has 0 aliphatic carbocycles. The summed E-state index contributed by atoms with van der Waals surface area (Å²) in [5, 5.41) is 3.03. The van der Waals surface area contributed by atoms with E-state index in [0.717, 1.165) is 24.2 Å². The Labute approximate surface area is 207 Å². The number of nitrogens with zero attached hydrogens (tertiary/aromatic N) is 3. The van der Waals surface area contributed by atoms with Gasteiger partial charge in [0.05, 0.1) is 6.67 Å². The van der Waals surface area contributed by atoms with Gasteiger partial charge in [-0.2, -0.15) is 0 Å². The van der Waals surface area contributed by atoms with Crippen LogP contribution in [0.4, 0.5) is 10.5 Å². The Bertz CT molecular complexity index is 1140. The number of anilines is 1. The summed E-state index contributed by atoms with van der Waals surface area (Å²) >= 11 is 0. The average Bonchev–Trinajstić information content (AvgIpc) is 3.16. The molecule has 2 heterocycles. The van der Waals surface area contributed by atoms with Crippen LogP contribution in [-0.4, -0.2) is 48.5 Å². The quantitative estimate of drug-likeness (QED) is 0.517. The summed E-state index contributed by atoms with van der Waals surface area (Å²) in [4.78, 5) is 33.0. The third-order valence-corrected chi connectivity index (χ3v) is 7.03. The van der Waals surface area contributed by atoms with Crippen LogP contribution in [0.3, 0.4) is 0 Å². The Hall–Kier alpha value is -3.64. The second-order valence-electron chi connectivity index (χ2n) is 9.48. The summed E-state index contributed by atoms with van der Waals surface area (Å²) in [7, 11) is 1.96. The number of carbonyl (C=O) groups is 2. The van der Waals surface area contributed by atoms with Gasteiger partial charge in [0.15, 0.2) is 5.54 Å². The molecule has 2 fully saturated rings. The van der Waals surface area contributed by atoms with E-state index in [1.54, 1.807) is 0 Å². The van der Waals surface area contributed by atoms with Crippen LogP contribution in [-0.2, 0) is 16.9 Å². The first kappa shape index (κ1) is 23.1. The number of amides is 3. The Morgan fingerprint density at radius 1 is 0.800 bits per heavy atom. The lowest BCUT2D eigenvalue weighted by atomic mass is 9.83. The second kappa shape index (κ2) is 9.92. The molecule has 5 rings (SSSR count). The van der Waals surface area contributed by atoms with E-state index in [9.17, 15) is 9.59 Å². The fourth-order valence-corrected chi connectivity index (χ4v) is 5.31. The molecule has 0 saturated carbocycles. The summed E-state index contributed by atoms with van der Waals surface area (Å²) in [6.07, 6.45) is 3.72. The van der Waals surface area contributed by atoms with Crippen LogP contribution < -0.4 is 10.2 Å². The number of piperidine rings is 1. The van der Waals surface area contributed by atoms with Crippen LogP contribution in [0.1, 0.15) is 36.0 Å². The molecule has 0 spiro atoms. The van der Waals surface area contributed by atoms with E-state index >= 15 is 0 Å². The third kappa shape index (κ3) is 4.42. The van der Waals surface area contributed by atoms with Crippen LogP contribution in [0, 0.1) is 0 Å². The predicted octanol–water partition coefficient (Wildman–Crippen LogP) is 4.56. The zero-order valence-electron chi connectivity index (χ0n) is 20.2. The smallest absolute Gasteiger partial charge is 0.326 e. The van der Waals surface area contributed by atoms with E-state index in [2.05, 4.69) is 34.5 Å². The van der Waals surface area contributed by atoms with E-state index < -0.39 is 5.54 Å². The molecule has 2 aliphatic heterocycles. The lowest BCUT2D eigenvalue weighted by Gasteiger charge is -2.32. The van der Waals surface area contributed by atoms with Gasteiger partial charge in [0, 0.05) is 25.3 Å². The summed E-state index contributed by atoms with van der Waals surface area (Å²) in [6.45, 7) is 3.00. The monoisotopic (exact) mass is 468 g/mol. The first-order chi connectivity index (χ1) is 17.1. The normalized spacial score (nSPS) is 17.7.